The molecule has 0 aliphatic rings. The van der Waals surface area contributed by atoms with Gasteiger partial charge < -0.3 is 11.1 Å². The van der Waals surface area contributed by atoms with Gasteiger partial charge in [0, 0.05) is 17.6 Å². The number of aryl methyl sites for hydroxylation is 1. The van der Waals surface area contributed by atoms with Crippen LogP contribution in [0.4, 0.5) is 0 Å². The lowest BCUT2D eigenvalue weighted by molar-refractivity contribution is -0.131. The molecule has 1 heterocycles. The van der Waals surface area contributed by atoms with Gasteiger partial charge in [0.2, 0.25) is 5.91 Å². The molecule has 7 heteroatoms. The molecule has 0 bridgehead atoms. The molecule has 0 atom stereocenters. The third-order valence-electron chi connectivity index (χ3n) is 3.29. The first-order valence-electron chi connectivity index (χ1n) is 5.97. The number of carbonyl (C=O) groups is 1. The van der Waals surface area contributed by atoms with Gasteiger partial charge in [-0.2, -0.15) is 0 Å². The minimum atomic E-state index is -0.424. The number of halogens is 2. The molecule has 0 unspecified atom stereocenters. The summed E-state index contributed by atoms with van der Waals surface area (Å²) in [5.41, 5.74) is 6.30. The molecule has 19 heavy (non-hydrogen) atoms. The summed E-state index contributed by atoms with van der Waals surface area (Å²) in [6, 6.07) is 0. The Kier molecular flexibility index (Phi) is 10.5. The Balaban J connectivity index is 0. The van der Waals surface area contributed by atoms with E-state index in [0.29, 0.717) is 13.1 Å². The van der Waals surface area contributed by atoms with E-state index >= 15 is 0 Å². The van der Waals surface area contributed by atoms with Crippen molar-refractivity contribution in [2.75, 3.05) is 6.54 Å². The van der Waals surface area contributed by atoms with Crippen LogP contribution in [0.15, 0.2) is 5.38 Å². The normalized spacial score (nSPS) is 10.3. The van der Waals surface area contributed by atoms with Crippen LogP contribution in [0.5, 0.6) is 0 Å². The van der Waals surface area contributed by atoms with Crippen LogP contribution in [0, 0.1) is 12.3 Å². The van der Waals surface area contributed by atoms with E-state index in [1.165, 1.54) is 0 Å². The second kappa shape index (κ2) is 9.53. The lowest BCUT2D eigenvalue weighted by Crippen LogP contribution is -2.45. The first kappa shape index (κ1) is 20.9. The highest BCUT2D eigenvalue weighted by Crippen LogP contribution is 2.25. The van der Waals surface area contributed by atoms with Gasteiger partial charge in [-0.3, -0.25) is 4.79 Å². The molecule has 1 rings (SSSR count). The fourth-order valence-corrected chi connectivity index (χ4v) is 2.49. The van der Waals surface area contributed by atoms with E-state index in [9.17, 15) is 4.79 Å². The van der Waals surface area contributed by atoms with Gasteiger partial charge in [-0.15, -0.1) is 36.2 Å². The maximum Gasteiger partial charge on any atom is 0.227 e. The maximum atomic E-state index is 12.1. The number of aromatic nitrogens is 1. The predicted octanol–water partition coefficient (Wildman–Crippen LogP) is 2.68. The Bertz CT molecular complexity index is 373. The zero-order chi connectivity index (χ0) is 12.9. The van der Waals surface area contributed by atoms with E-state index in [-0.39, 0.29) is 30.7 Å². The molecule has 0 fully saturated rings. The smallest absolute Gasteiger partial charge is 0.227 e. The second-order valence-corrected chi connectivity index (χ2v) is 5.20. The van der Waals surface area contributed by atoms with Gasteiger partial charge in [-0.25, -0.2) is 4.98 Å². The largest absolute Gasteiger partial charge is 0.349 e. The lowest BCUT2D eigenvalue weighted by atomic mass is 9.81. The third kappa shape index (κ3) is 5.26. The van der Waals surface area contributed by atoms with Crippen molar-refractivity contribution < 1.29 is 4.79 Å². The predicted molar refractivity (Wildman–Crippen MR) is 85.3 cm³/mol. The molecule has 0 aliphatic carbocycles. The van der Waals surface area contributed by atoms with Crippen LogP contribution in [-0.2, 0) is 11.3 Å². The first-order chi connectivity index (χ1) is 8.07. The van der Waals surface area contributed by atoms with Crippen LogP contribution in [0.2, 0.25) is 0 Å². The molecule has 0 aromatic carbocycles. The van der Waals surface area contributed by atoms with Crippen molar-refractivity contribution >= 4 is 42.1 Å². The van der Waals surface area contributed by atoms with Gasteiger partial charge in [0.25, 0.3) is 0 Å². The summed E-state index contributed by atoms with van der Waals surface area (Å²) in [5.74, 6) is 0.0397. The van der Waals surface area contributed by atoms with Crippen molar-refractivity contribution in [3.63, 3.8) is 0 Å². The minimum Gasteiger partial charge on any atom is -0.349 e. The van der Waals surface area contributed by atoms with Gasteiger partial charge in [0.15, 0.2) is 0 Å². The number of rotatable bonds is 6. The average molecular weight is 328 g/mol. The SMILES string of the molecule is CCC(CC)(CN)C(=O)NCc1nc(C)cs1.Cl.Cl. The first-order valence-corrected chi connectivity index (χ1v) is 6.85. The van der Waals surface area contributed by atoms with Crippen molar-refractivity contribution in [2.45, 2.75) is 40.2 Å². The van der Waals surface area contributed by atoms with Gasteiger partial charge >= 0.3 is 0 Å². The van der Waals surface area contributed by atoms with E-state index in [1.54, 1.807) is 11.3 Å². The fourth-order valence-electron chi connectivity index (χ4n) is 1.78. The highest BCUT2D eigenvalue weighted by molar-refractivity contribution is 7.09. The van der Waals surface area contributed by atoms with Crippen molar-refractivity contribution in [3.05, 3.63) is 16.1 Å². The van der Waals surface area contributed by atoms with E-state index in [0.717, 1.165) is 23.5 Å². The fraction of sp³-hybridized carbons (Fsp3) is 0.667. The van der Waals surface area contributed by atoms with Crippen LogP contribution in [-0.4, -0.2) is 17.4 Å². The zero-order valence-corrected chi connectivity index (χ0v) is 14.0. The van der Waals surface area contributed by atoms with E-state index in [1.807, 2.05) is 26.2 Å². The van der Waals surface area contributed by atoms with Crippen molar-refractivity contribution in [1.29, 1.82) is 0 Å². The van der Waals surface area contributed by atoms with E-state index in [4.69, 9.17) is 5.73 Å². The highest BCUT2D eigenvalue weighted by Gasteiger charge is 2.32. The topological polar surface area (TPSA) is 68.0 Å². The van der Waals surface area contributed by atoms with Crippen molar-refractivity contribution in [3.8, 4) is 0 Å². The summed E-state index contributed by atoms with van der Waals surface area (Å²) >= 11 is 1.57. The molecule has 0 radical (unpaired) electrons. The Morgan fingerprint density at radius 1 is 1.42 bits per heavy atom. The molecule has 0 spiro atoms. The summed E-state index contributed by atoms with van der Waals surface area (Å²) < 4.78 is 0. The summed E-state index contributed by atoms with van der Waals surface area (Å²) in [6.07, 6.45) is 1.53. The average Bonchev–Trinajstić information content (AvgIpc) is 2.75. The van der Waals surface area contributed by atoms with Crippen molar-refractivity contribution in [2.24, 2.45) is 11.1 Å². The van der Waals surface area contributed by atoms with Crippen LogP contribution < -0.4 is 11.1 Å². The number of nitrogens with zero attached hydrogens (tertiary/aromatic N) is 1. The molecular formula is C12H23Cl2N3OS. The number of amides is 1. The third-order valence-corrected chi connectivity index (χ3v) is 4.26. The molecule has 1 amide bonds. The van der Waals surface area contributed by atoms with Crippen molar-refractivity contribution in [1.82, 2.24) is 10.3 Å². The molecular weight excluding hydrogens is 305 g/mol. The quantitative estimate of drug-likeness (QED) is 0.844. The van der Waals surface area contributed by atoms with Crippen LogP contribution >= 0.6 is 36.2 Å². The standard InChI is InChI=1S/C12H21N3OS.2ClH/c1-4-12(5-2,8-13)11(16)14-6-10-15-9(3)7-17-10;;/h7H,4-6,8,13H2,1-3H3,(H,14,16);2*1H. The molecule has 112 valence electrons. The second-order valence-electron chi connectivity index (χ2n) is 4.26. The van der Waals surface area contributed by atoms with E-state index in [2.05, 4.69) is 10.3 Å². The molecule has 0 aliphatic heterocycles. The Morgan fingerprint density at radius 2 is 2.00 bits per heavy atom. The van der Waals surface area contributed by atoms with Gasteiger partial charge in [0.05, 0.1) is 12.0 Å². The minimum absolute atomic E-state index is 0. The molecule has 0 saturated heterocycles. The monoisotopic (exact) mass is 327 g/mol. The number of hydrogen-bond donors (Lipinski definition) is 2. The molecule has 1 aromatic rings. The number of carbonyl (C=O) groups excluding carboxylic acids is 1. The lowest BCUT2D eigenvalue weighted by Gasteiger charge is -2.28. The van der Waals surface area contributed by atoms with Gasteiger partial charge in [0.1, 0.15) is 5.01 Å². The zero-order valence-electron chi connectivity index (χ0n) is 11.6. The Hall–Kier alpha value is -0.360. The molecule has 1 aromatic heterocycles. The maximum absolute atomic E-state index is 12.1. The van der Waals surface area contributed by atoms with Crippen LogP contribution in [0.25, 0.3) is 0 Å². The highest BCUT2D eigenvalue weighted by atomic mass is 35.5. The van der Waals surface area contributed by atoms with Gasteiger partial charge in [-0.1, -0.05) is 13.8 Å². The van der Waals surface area contributed by atoms with Gasteiger partial charge in [-0.05, 0) is 19.8 Å². The van der Waals surface area contributed by atoms with Crippen LogP contribution in [0.3, 0.4) is 0 Å². The number of nitrogens with two attached hydrogens (primary N) is 1. The number of thiazole rings is 1. The summed E-state index contributed by atoms with van der Waals surface area (Å²) in [7, 11) is 0. The Labute approximate surface area is 131 Å². The Morgan fingerprint density at radius 3 is 2.37 bits per heavy atom. The number of nitrogens with one attached hydrogen (secondary N) is 1. The van der Waals surface area contributed by atoms with E-state index < -0.39 is 5.41 Å². The molecule has 4 nitrogen and oxygen atoms in total. The molecule has 0 saturated carbocycles. The molecule has 3 N–H and O–H groups in total. The number of hydrogen-bond acceptors (Lipinski definition) is 4. The summed E-state index contributed by atoms with van der Waals surface area (Å²) in [4.78, 5) is 16.4. The van der Waals surface area contributed by atoms with Crippen LogP contribution in [0.1, 0.15) is 37.4 Å². The summed E-state index contributed by atoms with van der Waals surface area (Å²) in [5, 5.41) is 5.86. The summed E-state index contributed by atoms with van der Waals surface area (Å²) in [6.45, 7) is 6.85.